The molecule has 17 heavy (non-hydrogen) atoms. The van der Waals surface area contributed by atoms with Crippen LogP contribution < -0.4 is 16.0 Å². The van der Waals surface area contributed by atoms with Crippen molar-refractivity contribution in [3.63, 3.8) is 0 Å². The lowest BCUT2D eigenvalue weighted by Crippen LogP contribution is -2.09. The van der Waals surface area contributed by atoms with Gasteiger partial charge >= 0.3 is 0 Å². The Hall–Kier alpha value is -1.66. The van der Waals surface area contributed by atoms with Crippen LogP contribution in [0.3, 0.4) is 0 Å². The Morgan fingerprint density at radius 2 is 2.18 bits per heavy atom. The molecule has 1 heterocycles. The maximum Gasteiger partial charge on any atom is 0.239 e. The second kappa shape index (κ2) is 5.11. The van der Waals surface area contributed by atoms with E-state index in [2.05, 4.69) is 31.3 Å². The Bertz CT molecular complexity index is 533. The van der Waals surface area contributed by atoms with E-state index in [1.54, 1.807) is 0 Å². The molecular weight excluding hydrogens is 284 g/mol. The minimum Gasteiger partial charge on any atom is -0.437 e. The zero-order valence-electron chi connectivity index (χ0n) is 9.14. The molecular formula is C11H11BrN4O. The molecule has 0 saturated heterocycles. The third-order valence-corrected chi connectivity index (χ3v) is 2.61. The molecule has 0 spiro atoms. The van der Waals surface area contributed by atoms with Gasteiger partial charge in [0, 0.05) is 4.47 Å². The van der Waals surface area contributed by atoms with Gasteiger partial charge in [0.15, 0.2) is 5.82 Å². The predicted molar refractivity (Wildman–Crippen MR) is 68.8 cm³/mol. The number of rotatable bonds is 3. The molecule has 0 aliphatic heterocycles. The highest BCUT2D eigenvalue weighted by atomic mass is 79.9. The Morgan fingerprint density at radius 1 is 1.35 bits per heavy atom. The van der Waals surface area contributed by atoms with Gasteiger partial charge in [0.25, 0.3) is 0 Å². The van der Waals surface area contributed by atoms with E-state index in [9.17, 15) is 0 Å². The van der Waals surface area contributed by atoms with E-state index in [4.69, 9.17) is 10.6 Å². The van der Waals surface area contributed by atoms with Crippen LogP contribution >= 0.6 is 15.9 Å². The minimum atomic E-state index is 0.394. The maximum absolute atomic E-state index is 5.62. The van der Waals surface area contributed by atoms with Crippen molar-refractivity contribution in [1.82, 2.24) is 9.97 Å². The summed E-state index contributed by atoms with van der Waals surface area (Å²) in [5, 5.41) is 0. The summed E-state index contributed by atoms with van der Waals surface area (Å²) in [5.41, 5.74) is 3.42. The number of halogens is 1. The average Bonchev–Trinajstić information content (AvgIpc) is 2.33. The van der Waals surface area contributed by atoms with Crippen LogP contribution in [0.1, 0.15) is 5.56 Å². The largest absolute Gasteiger partial charge is 0.437 e. The highest BCUT2D eigenvalue weighted by Crippen LogP contribution is 2.26. The normalized spacial score (nSPS) is 10.1. The molecule has 1 aromatic heterocycles. The summed E-state index contributed by atoms with van der Waals surface area (Å²) in [6, 6.07) is 5.73. The number of aromatic nitrogens is 2. The molecule has 0 amide bonds. The number of hydrogen-bond acceptors (Lipinski definition) is 5. The number of hydrogen-bond donors (Lipinski definition) is 2. The average molecular weight is 295 g/mol. The third-order valence-electron chi connectivity index (χ3n) is 2.11. The van der Waals surface area contributed by atoms with Gasteiger partial charge in [-0.15, -0.1) is 0 Å². The fraction of sp³-hybridized carbons (Fsp3) is 0.0909. The summed E-state index contributed by atoms with van der Waals surface area (Å²) >= 11 is 3.39. The van der Waals surface area contributed by atoms with Gasteiger partial charge in [-0.05, 0) is 30.7 Å². The molecule has 6 heteroatoms. The van der Waals surface area contributed by atoms with E-state index in [0.717, 1.165) is 15.8 Å². The summed E-state index contributed by atoms with van der Waals surface area (Å²) in [6.45, 7) is 1.96. The Balaban J connectivity index is 2.25. The second-order valence-corrected chi connectivity index (χ2v) is 4.31. The van der Waals surface area contributed by atoms with Crippen molar-refractivity contribution < 1.29 is 4.74 Å². The van der Waals surface area contributed by atoms with Crippen molar-refractivity contribution in [2.24, 2.45) is 5.84 Å². The van der Waals surface area contributed by atoms with Crippen LogP contribution in [0.25, 0.3) is 0 Å². The first-order chi connectivity index (χ1) is 8.19. The Labute approximate surface area is 107 Å². The molecule has 0 radical (unpaired) electrons. The summed E-state index contributed by atoms with van der Waals surface area (Å²) < 4.78 is 6.62. The first kappa shape index (κ1) is 11.8. The lowest BCUT2D eigenvalue weighted by Gasteiger charge is -2.08. The van der Waals surface area contributed by atoms with Gasteiger partial charge in [-0.1, -0.05) is 15.9 Å². The van der Waals surface area contributed by atoms with Gasteiger partial charge in [0.05, 0.1) is 12.4 Å². The lowest BCUT2D eigenvalue weighted by molar-refractivity contribution is 0.457. The number of hydrazine groups is 1. The van der Waals surface area contributed by atoms with E-state index in [0.29, 0.717) is 11.7 Å². The molecule has 1 aromatic carbocycles. The number of ether oxygens (including phenoxy) is 1. The number of nitrogens with zero attached hydrogens (tertiary/aromatic N) is 2. The number of benzene rings is 1. The van der Waals surface area contributed by atoms with Crippen LogP contribution in [0.4, 0.5) is 5.82 Å². The van der Waals surface area contributed by atoms with Crippen LogP contribution in [0, 0.1) is 6.92 Å². The van der Waals surface area contributed by atoms with Gasteiger partial charge in [-0.25, -0.2) is 5.84 Å². The lowest BCUT2D eigenvalue weighted by atomic mass is 10.2. The van der Waals surface area contributed by atoms with Gasteiger partial charge < -0.3 is 10.2 Å². The van der Waals surface area contributed by atoms with Crippen molar-refractivity contribution in [2.45, 2.75) is 6.92 Å². The Morgan fingerprint density at radius 3 is 2.88 bits per heavy atom. The Kier molecular flexibility index (Phi) is 3.55. The zero-order chi connectivity index (χ0) is 12.3. The second-order valence-electron chi connectivity index (χ2n) is 3.40. The van der Waals surface area contributed by atoms with Crippen molar-refractivity contribution in [3.05, 3.63) is 40.6 Å². The molecule has 0 fully saturated rings. The molecule has 3 N–H and O–H groups in total. The van der Waals surface area contributed by atoms with E-state index in [1.165, 1.54) is 12.4 Å². The molecule has 0 saturated carbocycles. The fourth-order valence-electron chi connectivity index (χ4n) is 1.31. The summed E-state index contributed by atoms with van der Waals surface area (Å²) in [6.07, 6.45) is 3.05. The molecule has 5 nitrogen and oxygen atoms in total. The summed E-state index contributed by atoms with van der Waals surface area (Å²) in [7, 11) is 0. The third kappa shape index (κ3) is 2.92. The van der Waals surface area contributed by atoms with Gasteiger partial charge in [-0.3, -0.25) is 4.98 Å². The van der Waals surface area contributed by atoms with Crippen molar-refractivity contribution >= 4 is 21.7 Å². The van der Waals surface area contributed by atoms with Crippen LogP contribution in [0.2, 0.25) is 0 Å². The van der Waals surface area contributed by atoms with Crippen molar-refractivity contribution in [3.8, 4) is 11.6 Å². The monoisotopic (exact) mass is 294 g/mol. The standard InChI is InChI=1S/C11H11BrN4O/c1-7-4-8(12)2-3-9(7)17-11-6-14-5-10(15-11)16-13/h2-6H,13H2,1H3,(H,15,16). The zero-order valence-corrected chi connectivity index (χ0v) is 10.7. The van der Waals surface area contributed by atoms with Crippen LogP contribution in [0.5, 0.6) is 11.6 Å². The first-order valence-corrected chi connectivity index (χ1v) is 5.71. The summed E-state index contributed by atoms with van der Waals surface area (Å²) in [5.74, 6) is 6.83. The van der Waals surface area contributed by atoms with Crippen LogP contribution in [-0.2, 0) is 0 Å². The van der Waals surface area contributed by atoms with Crippen LogP contribution in [-0.4, -0.2) is 9.97 Å². The van der Waals surface area contributed by atoms with E-state index < -0.39 is 0 Å². The van der Waals surface area contributed by atoms with E-state index in [1.807, 2.05) is 25.1 Å². The summed E-state index contributed by atoms with van der Waals surface area (Å²) in [4.78, 5) is 8.08. The number of nitrogen functional groups attached to an aromatic ring is 1. The molecule has 0 aliphatic carbocycles. The van der Waals surface area contributed by atoms with Gasteiger partial charge in [0.1, 0.15) is 5.75 Å². The van der Waals surface area contributed by atoms with E-state index >= 15 is 0 Å². The number of nitrogens with two attached hydrogens (primary N) is 1. The quantitative estimate of drug-likeness (QED) is 0.672. The van der Waals surface area contributed by atoms with Crippen molar-refractivity contribution in [2.75, 3.05) is 5.43 Å². The molecule has 0 bridgehead atoms. The molecule has 2 aromatic rings. The molecule has 2 rings (SSSR count). The first-order valence-electron chi connectivity index (χ1n) is 4.91. The van der Waals surface area contributed by atoms with Gasteiger partial charge in [-0.2, -0.15) is 4.98 Å². The SMILES string of the molecule is Cc1cc(Br)ccc1Oc1cncc(NN)n1. The topological polar surface area (TPSA) is 73.1 Å². The van der Waals surface area contributed by atoms with Crippen LogP contribution in [0.15, 0.2) is 35.1 Å². The number of anilines is 1. The van der Waals surface area contributed by atoms with E-state index in [-0.39, 0.29) is 0 Å². The van der Waals surface area contributed by atoms with Gasteiger partial charge in [0.2, 0.25) is 5.88 Å². The highest BCUT2D eigenvalue weighted by molar-refractivity contribution is 9.10. The molecule has 0 aliphatic rings. The minimum absolute atomic E-state index is 0.394. The predicted octanol–water partition coefficient (Wildman–Crippen LogP) is 2.63. The highest BCUT2D eigenvalue weighted by Gasteiger charge is 2.04. The molecule has 0 unspecified atom stereocenters. The fourth-order valence-corrected chi connectivity index (χ4v) is 1.78. The molecule has 0 atom stereocenters. The molecule has 88 valence electrons. The smallest absolute Gasteiger partial charge is 0.239 e. The number of aryl methyl sites for hydroxylation is 1. The maximum atomic E-state index is 5.62. The number of nitrogens with one attached hydrogen (secondary N) is 1. The van der Waals surface area contributed by atoms with Crippen molar-refractivity contribution in [1.29, 1.82) is 0 Å².